The van der Waals surface area contributed by atoms with Gasteiger partial charge in [-0.1, -0.05) is 37.3 Å². The standard InChI is InChI=1S/C24H28F3N5S.C2H7N/c1-15-12-20(16-8-9-19(18(25)13-16)32-33-11-10-24(2,26)27)30-21-14-28-23(31-22(15)21)29-17-6-4-3-5-7-17;1-3-2/h8-9,12-14,17,32H,3-7,10-11H2,1-2H3,(H,28,29,31);3H,1-2H3. The lowest BCUT2D eigenvalue weighted by Gasteiger charge is -2.22. The Labute approximate surface area is 215 Å². The molecule has 1 fully saturated rings. The number of benzene rings is 1. The van der Waals surface area contributed by atoms with Gasteiger partial charge in [0.1, 0.15) is 11.3 Å². The number of hydrogen-bond acceptors (Lipinski definition) is 7. The van der Waals surface area contributed by atoms with E-state index in [1.807, 2.05) is 27.1 Å². The number of alkyl halides is 2. The molecule has 2 heterocycles. The third-order valence-corrected chi connectivity index (χ3v) is 6.54. The summed E-state index contributed by atoms with van der Waals surface area (Å²) in [6.45, 7) is 2.83. The number of nitrogens with zero attached hydrogens (tertiary/aromatic N) is 3. The summed E-state index contributed by atoms with van der Waals surface area (Å²) in [6.07, 6.45) is 7.45. The Morgan fingerprint density at radius 3 is 2.47 bits per heavy atom. The van der Waals surface area contributed by atoms with Gasteiger partial charge in [0, 0.05) is 23.8 Å². The fourth-order valence-electron chi connectivity index (χ4n) is 3.95. The van der Waals surface area contributed by atoms with Crippen LogP contribution in [0.2, 0.25) is 0 Å². The number of aryl methyl sites for hydroxylation is 1. The molecule has 10 heteroatoms. The summed E-state index contributed by atoms with van der Waals surface area (Å²) in [7, 11) is 3.75. The van der Waals surface area contributed by atoms with E-state index in [9.17, 15) is 13.2 Å². The molecule has 0 aliphatic heterocycles. The molecule has 1 saturated carbocycles. The van der Waals surface area contributed by atoms with Gasteiger partial charge in [0.25, 0.3) is 0 Å². The zero-order valence-corrected chi connectivity index (χ0v) is 22.1. The smallest absolute Gasteiger partial charge is 0.246 e. The molecule has 2 aromatic heterocycles. The first-order chi connectivity index (χ1) is 17.2. The quantitative estimate of drug-likeness (QED) is 0.222. The first-order valence-corrected chi connectivity index (χ1v) is 13.2. The van der Waals surface area contributed by atoms with Crippen LogP contribution in [0.4, 0.5) is 24.8 Å². The van der Waals surface area contributed by atoms with Gasteiger partial charge >= 0.3 is 0 Å². The molecule has 1 aromatic carbocycles. The molecule has 3 aromatic rings. The van der Waals surface area contributed by atoms with E-state index >= 15 is 0 Å². The highest BCUT2D eigenvalue weighted by atomic mass is 32.2. The lowest BCUT2D eigenvalue weighted by atomic mass is 9.96. The molecular formula is C26H35F3N6S. The number of aromatic nitrogens is 3. The Morgan fingerprint density at radius 1 is 1.08 bits per heavy atom. The molecule has 6 nitrogen and oxygen atoms in total. The minimum Gasteiger partial charge on any atom is -0.351 e. The first kappa shape index (κ1) is 28.0. The zero-order valence-electron chi connectivity index (χ0n) is 21.3. The number of pyridine rings is 1. The summed E-state index contributed by atoms with van der Waals surface area (Å²) in [6, 6.07) is 7.05. The van der Waals surface area contributed by atoms with Crippen LogP contribution in [0.3, 0.4) is 0 Å². The Morgan fingerprint density at radius 2 is 1.81 bits per heavy atom. The van der Waals surface area contributed by atoms with E-state index in [0.717, 1.165) is 42.8 Å². The van der Waals surface area contributed by atoms with E-state index < -0.39 is 11.7 Å². The van der Waals surface area contributed by atoms with Gasteiger partial charge in [0.05, 0.1) is 23.1 Å². The highest BCUT2D eigenvalue weighted by Gasteiger charge is 2.20. The van der Waals surface area contributed by atoms with Crippen LogP contribution in [-0.4, -0.2) is 46.8 Å². The summed E-state index contributed by atoms with van der Waals surface area (Å²) in [5, 5.41) is 6.19. The largest absolute Gasteiger partial charge is 0.351 e. The predicted octanol–water partition coefficient (Wildman–Crippen LogP) is 6.82. The predicted molar refractivity (Wildman–Crippen MR) is 144 cm³/mol. The van der Waals surface area contributed by atoms with Crippen molar-refractivity contribution in [2.75, 3.05) is 29.9 Å². The van der Waals surface area contributed by atoms with Crippen LogP contribution >= 0.6 is 11.9 Å². The van der Waals surface area contributed by atoms with E-state index in [4.69, 9.17) is 0 Å². The van der Waals surface area contributed by atoms with Crippen molar-refractivity contribution in [1.82, 2.24) is 20.3 Å². The summed E-state index contributed by atoms with van der Waals surface area (Å²) in [5.74, 6) is -2.40. The van der Waals surface area contributed by atoms with Crippen molar-refractivity contribution in [3.05, 3.63) is 41.8 Å². The minimum absolute atomic E-state index is 0.174. The fourth-order valence-corrected chi connectivity index (χ4v) is 4.83. The summed E-state index contributed by atoms with van der Waals surface area (Å²) < 4.78 is 43.2. The third-order valence-electron chi connectivity index (χ3n) is 5.77. The lowest BCUT2D eigenvalue weighted by Crippen LogP contribution is -2.23. The third kappa shape index (κ3) is 8.23. The maximum absolute atomic E-state index is 14.6. The summed E-state index contributed by atoms with van der Waals surface area (Å²) in [4.78, 5) is 13.8. The van der Waals surface area contributed by atoms with Crippen LogP contribution in [0.5, 0.6) is 0 Å². The molecule has 1 aliphatic carbocycles. The van der Waals surface area contributed by atoms with Gasteiger partial charge in [-0.15, -0.1) is 0 Å². The number of rotatable bonds is 8. The fraction of sp³-hybridized carbons (Fsp3) is 0.500. The van der Waals surface area contributed by atoms with Gasteiger partial charge < -0.3 is 15.4 Å². The lowest BCUT2D eigenvalue weighted by molar-refractivity contribution is 0.0194. The Hall–Kier alpha value is -2.59. The van der Waals surface area contributed by atoms with E-state index in [1.165, 1.54) is 25.3 Å². The van der Waals surface area contributed by atoms with Gasteiger partial charge in [-0.05, 0) is 64.5 Å². The molecule has 0 bridgehead atoms. The van der Waals surface area contributed by atoms with Crippen molar-refractivity contribution in [2.45, 2.75) is 64.3 Å². The van der Waals surface area contributed by atoms with Crippen molar-refractivity contribution in [3.63, 3.8) is 0 Å². The number of anilines is 2. The molecule has 0 radical (unpaired) electrons. The van der Waals surface area contributed by atoms with Crippen LogP contribution in [0.15, 0.2) is 30.5 Å². The second kappa shape index (κ2) is 13.1. The second-order valence-corrected chi connectivity index (χ2v) is 10.1. The van der Waals surface area contributed by atoms with Gasteiger partial charge in [-0.3, -0.25) is 0 Å². The Bertz CT molecular complexity index is 1130. The Kier molecular flexibility index (Phi) is 10.2. The number of nitrogens with one attached hydrogen (secondary N) is 3. The van der Waals surface area contributed by atoms with Gasteiger partial charge in [0.15, 0.2) is 0 Å². The molecule has 36 heavy (non-hydrogen) atoms. The van der Waals surface area contributed by atoms with Crippen LogP contribution < -0.4 is 15.4 Å². The molecule has 0 saturated heterocycles. The average Bonchev–Trinajstić information content (AvgIpc) is 2.83. The first-order valence-electron chi connectivity index (χ1n) is 12.2. The van der Waals surface area contributed by atoms with Crippen LogP contribution in [0.25, 0.3) is 22.3 Å². The van der Waals surface area contributed by atoms with Crippen LogP contribution in [0.1, 0.15) is 51.0 Å². The summed E-state index contributed by atoms with van der Waals surface area (Å²) in [5.41, 5.74) is 3.86. The van der Waals surface area contributed by atoms with Crippen LogP contribution in [0, 0.1) is 12.7 Å². The van der Waals surface area contributed by atoms with E-state index in [2.05, 4.69) is 30.3 Å². The second-order valence-electron chi connectivity index (χ2n) is 9.20. The highest BCUT2D eigenvalue weighted by molar-refractivity contribution is 8.00. The van der Waals surface area contributed by atoms with E-state index in [-0.39, 0.29) is 17.9 Å². The van der Waals surface area contributed by atoms with Crippen molar-refractivity contribution < 1.29 is 13.2 Å². The van der Waals surface area contributed by atoms with Gasteiger partial charge in [-0.25, -0.2) is 28.1 Å². The normalized spacial score (nSPS) is 14.3. The number of hydrogen-bond donors (Lipinski definition) is 3. The number of fused-ring (bicyclic) bond motifs is 1. The van der Waals surface area contributed by atoms with E-state index in [1.54, 1.807) is 18.3 Å². The molecule has 0 atom stereocenters. The zero-order chi connectivity index (χ0) is 26.1. The minimum atomic E-state index is -2.73. The van der Waals surface area contributed by atoms with Crippen molar-refractivity contribution >= 4 is 34.6 Å². The Balaban J connectivity index is 0.00000115. The monoisotopic (exact) mass is 520 g/mol. The topological polar surface area (TPSA) is 74.8 Å². The van der Waals surface area contributed by atoms with Crippen molar-refractivity contribution in [1.29, 1.82) is 0 Å². The van der Waals surface area contributed by atoms with Gasteiger partial charge in [0.2, 0.25) is 11.9 Å². The number of halogens is 3. The SMILES string of the molecule is CNC.Cc1cc(-c2ccc(NSCCC(C)(F)F)c(F)c2)nc2cnc(NC3CCCCC3)nc12. The van der Waals surface area contributed by atoms with Gasteiger partial charge in [-0.2, -0.15) is 0 Å². The molecule has 196 valence electrons. The molecule has 4 rings (SSSR count). The average molecular weight is 521 g/mol. The van der Waals surface area contributed by atoms with E-state index in [0.29, 0.717) is 28.8 Å². The molecule has 3 N–H and O–H groups in total. The molecule has 0 amide bonds. The maximum Gasteiger partial charge on any atom is 0.246 e. The van der Waals surface area contributed by atoms with Crippen LogP contribution in [-0.2, 0) is 0 Å². The highest BCUT2D eigenvalue weighted by Crippen LogP contribution is 2.29. The molecule has 0 spiro atoms. The van der Waals surface area contributed by atoms with Crippen molar-refractivity contribution in [2.24, 2.45) is 0 Å². The maximum atomic E-state index is 14.6. The summed E-state index contributed by atoms with van der Waals surface area (Å²) >= 11 is 1.06. The molecular weight excluding hydrogens is 485 g/mol. The molecule has 0 unspecified atom stereocenters. The molecule has 1 aliphatic rings. The van der Waals surface area contributed by atoms with Crippen molar-refractivity contribution in [3.8, 4) is 11.3 Å².